The number of nitrogens with two attached hydrogens (primary N) is 1. The van der Waals surface area contributed by atoms with Gasteiger partial charge in [0.1, 0.15) is 22.9 Å². The van der Waals surface area contributed by atoms with Crippen molar-refractivity contribution in [1.29, 1.82) is 0 Å². The lowest BCUT2D eigenvalue weighted by molar-refractivity contribution is -0.150. The van der Waals surface area contributed by atoms with Gasteiger partial charge in [0.05, 0.1) is 6.42 Å². The number of β-lactam (4-membered cyclic amide) rings is 1. The molecule has 1 saturated heterocycles. The average molecular weight is 475 g/mol. The highest BCUT2D eigenvalue weighted by atomic mass is 32.2. The third kappa shape index (κ3) is 4.32. The third-order valence-corrected chi connectivity index (χ3v) is 7.47. The summed E-state index contributed by atoms with van der Waals surface area (Å²) in [5.74, 6) is -0.373. The Labute approximate surface area is 192 Å². The number of nitrogens with zero attached hydrogens (tertiary/aromatic N) is 3. The number of thioether (sulfide) groups is 2. The van der Waals surface area contributed by atoms with Crippen molar-refractivity contribution in [2.45, 2.75) is 36.3 Å². The molecule has 0 radical (unpaired) electrons. The monoisotopic (exact) mass is 474 g/mol. The summed E-state index contributed by atoms with van der Waals surface area (Å²) in [7, 11) is 0. The van der Waals surface area contributed by atoms with Gasteiger partial charge in [0.25, 0.3) is 5.91 Å². The van der Waals surface area contributed by atoms with E-state index in [1.165, 1.54) is 28.4 Å². The highest BCUT2D eigenvalue weighted by Crippen LogP contribution is 2.41. The summed E-state index contributed by atoms with van der Waals surface area (Å²) in [6.45, 7) is 1.96. The number of amides is 2. The van der Waals surface area contributed by atoms with Crippen molar-refractivity contribution in [2.75, 3.05) is 17.2 Å². The van der Waals surface area contributed by atoms with Crippen LogP contribution in [0, 0.1) is 0 Å². The van der Waals surface area contributed by atoms with Crippen LogP contribution in [0.4, 0.5) is 5.69 Å². The predicted molar refractivity (Wildman–Crippen MR) is 121 cm³/mol. The number of hydrogen-bond acceptors (Lipinski definition) is 8. The summed E-state index contributed by atoms with van der Waals surface area (Å²) >= 11 is 2.75. The van der Waals surface area contributed by atoms with E-state index in [2.05, 4.69) is 20.5 Å². The van der Waals surface area contributed by atoms with Gasteiger partial charge in [-0.1, -0.05) is 36.9 Å². The number of aromatic nitrogens is 3. The number of aliphatic carboxylic acids is 1. The SMILES string of the molecule is CCc1nc(SCC2=C(C(=O)O)N3C(=O)C(NC(=O)Cc4ccccc4N)[C@@H]3SC2)n[nH]1. The maximum absolute atomic E-state index is 12.8. The van der Waals surface area contributed by atoms with Gasteiger partial charge in [-0.25, -0.2) is 9.78 Å². The zero-order valence-electron chi connectivity index (χ0n) is 17.2. The first-order valence-electron chi connectivity index (χ1n) is 9.95. The number of hydrogen-bond donors (Lipinski definition) is 4. The highest BCUT2D eigenvalue weighted by molar-refractivity contribution is 8.01. The number of carboxylic acid groups (broad SMARTS) is 1. The first-order valence-corrected chi connectivity index (χ1v) is 12.0. The van der Waals surface area contributed by atoms with Crippen LogP contribution < -0.4 is 11.1 Å². The molecule has 1 aromatic heterocycles. The van der Waals surface area contributed by atoms with Gasteiger partial charge >= 0.3 is 5.97 Å². The maximum Gasteiger partial charge on any atom is 0.352 e. The molecule has 2 aliphatic rings. The fraction of sp³-hybridized carbons (Fsp3) is 0.350. The summed E-state index contributed by atoms with van der Waals surface area (Å²) < 4.78 is 0. The number of anilines is 1. The molecule has 2 aromatic rings. The van der Waals surface area contributed by atoms with Gasteiger partial charge in [-0.2, -0.15) is 0 Å². The average Bonchev–Trinajstić information content (AvgIpc) is 3.25. The van der Waals surface area contributed by atoms with E-state index in [1.54, 1.807) is 24.3 Å². The number of para-hydroxylation sites is 1. The van der Waals surface area contributed by atoms with Gasteiger partial charge in [0, 0.05) is 23.6 Å². The molecule has 5 N–H and O–H groups in total. The van der Waals surface area contributed by atoms with E-state index >= 15 is 0 Å². The second-order valence-electron chi connectivity index (χ2n) is 7.29. The van der Waals surface area contributed by atoms with Gasteiger partial charge in [0.2, 0.25) is 11.1 Å². The summed E-state index contributed by atoms with van der Waals surface area (Å²) in [6, 6.07) is 6.27. The molecule has 12 heteroatoms. The largest absolute Gasteiger partial charge is 0.477 e. The van der Waals surface area contributed by atoms with Crippen LogP contribution in [0.15, 0.2) is 40.7 Å². The van der Waals surface area contributed by atoms with Gasteiger partial charge in [-0.3, -0.25) is 19.6 Å². The number of carbonyl (C=O) groups is 3. The van der Waals surface area contributed by atoms with Crippen molar-refractivity contribution in [1.82, 2.24) is 25.4 Å². The number of aryl methyl sites for hydroxylation is 1. The van der Waals surface area contributed by atoms with Crippen molar-refractivity contribution < 1.29 is 19.5 Å². The number of carboxylic acids is 1. The fourth-order valence-corrected chi connectivity index (χ4v) is 5.84. The second kappa shape index (κ2) is 9.25. The molecule has 0 spiro atoms. The summed E-state index contributed by atoms with van der Waals surface area (Å²) in [5, 5.41) is 19.5. The van der Waals surface area contributed by atoms with E-state index in [1.807, 2.05) is 6.92 Å². The Morgan fingerprint density at radius 3 is 2.88 bits per heavy atom. The molecular formula is C20H22N6O4S2. The maximum atomic E-state index is 12.8. The number of nitrogen functional groups attached to an aromatic ring is 1. The molecular weight excluding hydrogens is 452 g/mol. The first kappa shape index (κ1) is 22.2. The Hall–Kier alpha value is -2.99. The second-order valence-corrected chi connectivity index (χ2v) is 9.34. The number of benzene rings is 1. The Morgan fingerprint density at radius 2 is 2.19 bits per heavy atom. The van der Waals surface area contributed by atoms with Crippen molar-refractivity contribution in [2.24, 2.45) is 0 Å². The molecule has 3 heterocycles. The molecule has 1 unspecified atom stereocenters. The van der Waals surface area contributed by atoms with Crippen molar-refractivity contribution in [3.63, 3.8) is 0 Å². The number of H-pyrrole nitrogens is 1. The van der Waals surface area contributed by atoms with E-state index in [9.17, 15) is 19.5 Å². The lowest BCUT2D eigenvalue weighted by Crippen LogP contribution is -2.70. The van der Waals surface area contributed by atoms with E-state index in [4.69, 9.17) is 5.73 Å². The zero-order chi connectivity index (χ0) is 22.8. The lowest BCUT2D eigenvalue weighted by atomic mass is 10.0. The Bertz CT molecular complexity index is 1100. The van der Waals surface area contributed by atoms with Crippen LogP contribution in [0.2, 0.25) is 0 Å². The smallest absolute Gasteiger partial charge is 0.352 e. The predicted octanol–water partition coefficient (Wildman–Crippen LogP) is 1.02. The Kier molecular flexibility index (Phi) is 6.42. The fourth-order valence-electron chi connectivity index (χ4n) is 3.54. The topological polar surface area (TPSA) is 154 Å². The standard InChI is InChI=1S/C20H22N6O4S2/c1-2-13-22-20(25-24-13)32-9-11-8-31-18-15(17(28)26(18)16(11)19(29)30)23-14(27)7-10-5-3-4-6-12(10)21/h3-6,15,18H,2,7-9,21H2,1H3,(H,23,27)(H,29,30)(H,22,24,25)/t15?,18-/m0/s1. The number of carbonyl (C=O) groups excluding carboxylic acids is 2. The number of rotatable bonds is 8. The first-order chi connectivity index (χ1) is 15.4. The van der Waals surface area contributed by atoms with E-state index in [-0.39, 0.29) is 18.0 Å². The van der Waals surface area contributed by atoms with Gasteiger partial charge in [-0.05, 0) is 17.2 Å². The lowest BCUT2D eigenvalue weighted by Gasteiger charge is -2.49. The zero-order valence-corrected chi connectivity index (χ0v) is 18.8. The van der Waals surface area contributed by atoms with Crippen LogP contribution in [-0.2, 0) is 27.2 Å². The molecule has 2 amide bonds. The van der Waals surface area contributed by atoms with Crippen LogP contribution in [0.5, 0.6) is 0 Å². The summed E-state index contributed by atoms with van der Waals surface area (Å²) in [5.41, 5.74) is 7.67. The summed E-state index contributed by atoms with van der Waals surface area (Å²) in [6.07, 6.45) is 0.772. The molecule has 1 fully saturated rings. The molecule has 10 nitrogen and oxygen atoms in total. The van der Waals surface area contributed by atoms with Crippen LogP contribution in [0.25, 0.3) is 0 Å². The molecule has 2 aliphatic heterocycles. The minimum Gasteiger partial charge on any atom is -0.477 e. The molecule has 2 atom stereocenters. The van der Waals surface area contributed by atoms with Crippen molar-refractivity contribution >= 4 is 47.0 Å². The molecule has 0 aliphatic carbocycles. The van der Waals surface area contributed by atoms with Crippen LogP contribution in [0.3, 0.4) is 0 Å². The molecule has 0 saturated carbocycles. The van der Waals surface area contributed by atoms with Crippen LogP contribution in [0.1, 0.15) is 18.3 Å². The summed E-state index contributed by atoms with van der Waals surface area (Å²) in [4.78, 5) is 42.8. The minimum absolute atomic E-state index is 0.0182. The number of fused-ring (bicyclic) bond motifs is 1. The van der Waals surface area contributed by atoms with Crippen LogP contribution >= 0.6 is 23.5 Å². The Balaban J connectivity index is 1.43. The van der Waals surface area contributed by atoms with Gasteiger partial charge < -0.3 is 16.2 Å². The van der Waals surface area contributed by atoms with Crippen molar-refractivity contribution in [3.05, 3.63) is 46.9 Å². The quantitative estimate of drug-likeness (QED) is 0.249. The number of nitrogens with one attached hydrogen (secondary N) is 2. The van der Waals surface area contributed by atoms with Crippen molar-refractivity contribution in [3.8, 4) is 0 Å². The number of aromatic amines is 1. The molecule has 32 heavy (non-hydrogen) atoms. The van der Waals surface area contributed by atoms with Gasteiger partial charge in [-0.15, -0.1) is 16.9 Å². The molecule has 0 bridgehead atoms. The third-order valence-electron chi connectivity index (χ3n) is 5.19. The molecule has 1 aromatic carbocycles. The minimum atomic E-state index is -1.16. The van der Waals surface area contributed by atoms with E-state index < -0.39 is 23.3 Å². The normalized spacial score (nSPS) is 20.0. The molecule has 4 rings (SSSR count). The molecule has 168 valence electrons. The van der Waals surface area contributed by atoms with Crippen LogP contribution in [-0.4, -0.2) is 65.9 Å². The van der Waals surface area contributed by atoms with E-state index in [0.717, 1.165) is 12.2 Å². The van der Waals surface area contributed by atoms with Gasteiger partial charge in [0.15, 0.2) is 0 Å². The Morgan fingerprint density at radius 1 is 1.41 bits per heavy atom. The highest BCUT2D eigenvalue weighted by Gasteiger charge is 2.54. The van der Waals surface area contributed by atoms with E-state index in [0.29, 0.717) is 33.5 Å².